The van der Waals surface area contributed by atoms with Crippen molar-refractivity contribution in [2.75, 3.05) is 6.54 Å². The molecule has 0 aromatic carbocycles. The van der Waals surface area contributed by atoms with Gasteiger partial charge in [-0.25, -0.2) is 0 Å². The van der Waals surface area contributed by atoms with E-state index in [0.717, 1.165) is 12.8 Å². The minimum atomic E-state index is -0.293. The van der Waals surface area contributed by atoms with Crippen LogP contribution in [0.5, 0.6) is 0 Å². The molecular weight excluding hydrogens is 168 g/mol. The zero-order chi connectivity index (χ0) is 10.0. The number of carbonyl (C=O) groups excluding carboxylic acids is 2. The van der Waals surface area contributed by atoms with Crippen molar-refractivity contribution in [1.29, 1.82) is 0 Å². The molecule has 74 valence electrons. The predicted molar refractivity (Wildman–Crippen MR) is 48.8 cm³/mol. The van der Waals surface area contributed by atoms with Crippen LogP contribution in [0.15, 0.2) is 0 Å². The van der Waals surface area contributed by atoms with Crippen molar-refractivity contribution < 1.29 is 9.59 Å². The summed E-state index contributed by atoms with van der Waals surface area (Å²) in [5, 5.41) is 0. The highest BCUT2D eigenvalue weighted by Crippen LogP contribution is 2.21. The summed E-state index contributed by atoms with van der Waals surface area (Å²) < 4.78 is 0. The van der Waals surface area contributed by atoms with Crippen LogP contribution in [0.25, 0.3) is 0 Å². The van der Waals surface area contributed by atoms with Crippen LogP contribution in [0.2, 0.25) is 0 Å². The molecule has 2 amide bonds. The second kappa shape index (κ2) is 3.77. The molecule has 1 fully saturated rings. The summed E-state index contributed by atoms with van der Waals surface area (Å²) >= 11 is 0. The van der Waals surface area contributed by atoms with Gasteiger partial charge in [0.25, 0.3) is 0 Å². The van der Waals surface area contributed by atoms with E-state index in [0.29, 0.717) is 6.54 Å². The summed E-state index contributed by atoms with van der Waals surface area (Å²) in [5.74, 6) is -0.420. The van der Waals surface area contributed by atoms with E-state index in [1.165, 1.54) is 6.92 Å². The fourth-order valence-corrected chi connectivity index (χ4v) is 1.78. The first kappa shape index (κ1) is 10.0. The SMILES string of the molecule is CC(=O)N1C[C@@H](C(N)=O)CCC1C. The Hall–Kier alpha value is -1.06. The number of amides is 2. The van der Waals surface area contributed by atoms with Gasteiger partial charge in [-0.1, -0.05) is 0 Å². The molecule has 1 rings (SSSR count). The van der Waals surface area contributed by atoms with E-state index in [2.05, 4.69) is 0 Å². The molecule has 0 spiro atoms. The maximum absolute atomic E-state index is 11.2. The Bertz CT molecular complexity index is 228. The first-order valence-corrected chi connectivity index (χ1v) is 4.59. The summed E-state index contributed by atoms with van der Waals surface area (Å²) in [6, 6.07) is 0.244. The molecule has 0 aromatic heterocycles. The molecule has 1 unspecified atom stereocenters. The van der Waals surface area contributed by atoms with Crippen molar-refractivity contribution >= 4 is 11.8 Å². The van der Waals surface area contributed by atoms with Gasteiger partial charge in [0.1, 0.15) is 0 Å². The molecule has 1 aliphatic heterocycles. The lowest BCUT2D eigenvalue weighted by Gasteiger charge is -2.36. The summed E-state index contributed by atoms with van der Waals surface area (Å²) in [6.07, 6.45) is 1.67. The number of carbonyl (C=O) groups is 2. The van der Waals surface area contributed by atoms with Crippen LogP contribution in [0.3, 0.4) is 0 Å². The van der Waals surface area contributed by atoms with Gasteiger partial charge >= 0.3 is 0 Å². The average molecular weight is 184 g/mol. The number of nitrogens with zero attached hydrogens (tertiary/aromatic N) is 1. The number of nitrogens with two attached hydrogens (primary N) is 1. The maximum Gasteiger partial charge on any atom is 0.222 e. The quantitative estimate of drug-likeness (QED) is 0.629. The highest BCUT2D eigenvalue weighted by molar-refractivity contribution is 5.79. The Morgan fingerprint density at radius 2 is 2.00 bits per heavy atom. The minimum Gasteiger partial charge on any atom is -0.369 e. The topological polar surface area (TPSA) is 63.4 Å². The van der Waals surface area contributed by atoms with E-state index in [4.69, 9.17) is 5.73 Å². The van der Waals surface area contributed by atoms with Crippen molar-refractivity contribution in [2.24, 2.45) is 11.7 Å². The summed E-state index contributed by atoms with van der Waals surface area (Å²) in [4.78, 5) is 23.8. The largest absolute Gasteiger partial charge is 0.369 e. The Morgan fingerprint density at radius 1 is 1.38 bits per heavy atom. The number of hydrogen-bond donors (Lipinski definition) is 1. The Kier molecular flexibility index (Phi) is 2.90. The van der Waals surface area contributed by atoms with E-state index in [1.54, 1.807) is 4.90 Å². The van der Waals surface area contributed by atoms with Gasteiger partial charge in [-0.2, -0.15) is 0 Å². The van der Waals surface area contributed by atoms with E-state index < -0.39 is 0 Å². The van der Waals surface area contributed by atoms with Crippen molar-refractivity contribution in [1.82, 2.24) is 4.90 Å². The summed E-state index contributed by atoms with van der Waals surface area (Å²) in [7, 11) is 0. The standard InChI is InChI=1S/C9H16N2O2/c1-6-3-4-8(9(10)13)5-11(6)7(2)12/h6,8H,3-5H2,1-2H3,(H2,10,13)/t6?,8-/m0/s1. The normalized spacial score (nSPS) is 28.6. The molecule has 0 saturated carbocycles. The molecule has 2 N–H and O–H groups in total. The monoisotopic (exact) mass is 184 g/mol. The molecule has 1 saturated heterocycles. The van der Waals surface area contributed by atoms with Gasteiger partial charge in [0.2, 0.25) is 11.8 Å². The zero-order valence-electron chi connectivity index (χ0n) is 8.12. The van der Waals surface area contributed by atoms with Gasteiger partial charge in [0.05, 0.1) is 5.92 Å². The van der Waals surface area contributed by atoms with Gasteiger partial charge in [-0.15, -0.1) is 0 Å². The summed E-state index contributed by atoms with van der Waals surface area (Å²) in [5.41, 5.74) is 5.20. The smallest absolute Gasteiger partial charge is 0.222 e. The second-order valence-electron chi connectivity index (χ2n) is 3.70. The molecule has 4 heteroatoms. The van der Waals surface area contributed by atoms with Gasteiger partial charge < -0.3 is 10.6 Å². The number of rotatable bonds is 1. The number of hydrogen-bond acceptors (Lipinski definition) is 2. The fraction of sp³-hybridized carbons (Fsp3) is 0.778. The van der Waals surface area contributed by atoms with Crippen LogP contribution in [0.4, 0.5) is 0 Å². The van der Waals surface area contributed by atoms with Crippen LogP contribution < -0.4 is 5.73 Å². The van der Waals surface area contributed by atoms with Gasteiger partial charge in [0.15, 0.2) is 0 Å². The molecule has 0 aromatic rings. The molecule has 1 aliphatic rings. The number of likely N-dealkylation sites (tertiary alicyclic amines) is 1. The molecule has 13 heavy (non-hydrogen) atoms. The molecule has 4 nitrogen and oxygen atoms in total. The first-order chi connectivity index (χ1) is 6.02. The lowest BCUT2D eigenvalue weighted by Crippen LogP contribution is -2.47. The third kappa shape index (κ3) is 2.20. The Balaban J connectivity index is 2.63. The first-order valence-electron chi connectivity index (χ1n) is 4.59. The predicted octanol–water partition coefficient (Wildman–Crippen LogP) is 0.119. The van der Waals surface area contributed by atoms with E-state index in [1.807, 2.05) is 6.92 Å². The van der Waals surface area contributed by atoms with Crippen LogP contribution in [-0.2, 0) is 9.59 Å². The molecule has 2 atom stereocenters. The zero-order valence-corrected chi connectivity index (χ0v) is 8.12. The van der Waals surface area contributed by atoms with Crippen LogP contribution in [-0.4, -0.2) is 29.3 Å². The van der Waals surface area contributed by atoms with Crippen molar-refractivity contribution in [3.05, 3.63) is 0 Å². The second-order valence-corrected chi connectivity index (χ2v) is 3.70. The molecule has 0 bridgehead atoms. The Morgan fingerprint density at radius 3 is 2.46 bits per heavy atom. The Labute approximate surface area is 78.1 Å². The van der Waals surface area contributed by atoms with Crippen molar-refractivity contribution in [2.45, 2.75) is 32.7 Å². The highest BCUT2D eigenvalue weighted by Gasteiger charge is 2.29. The third-order valence-corrected chi connectivity index (χ3v) is 2.69. The van der Waals surface area contributed by atoms with E-state index in [9.17, 15) is 9.59 Å². The van der Waals surface area contributed by atoms with E-state index in [-0.39, 0.29) is 23.8 Å². The van der Waals surface area contributed by atoms with Gasteiger partial charge in [0, 0.05) is 19.5 Å². The lowest BCUT2D eigenvalue weighted by molar-refractivity contribution is -0.135. The highest BCUT2D eigenvalue weighted by atomic mass is 16.2. The van der Waals surface area contributed by atoms with E-state index >= 15 is 0 Å². The lowest BCUT2D eigenvalue weighted by atomic mass is 9.93. The van der Waals surface area contributed by atoms with Crippen LogP contribution >= 0.6 is 0 Å². The fourth-order valence-electron chi connectivity index (χ4n) is 1.78. The maximum atomic E-state index is 11.2. The average Bonchev–Trinajstić information content (AvgIpc) is 2.04. The number of piperidine rings is 1. The van der Waals surface area contributed by atoms with Crippen molar-refractivity contribution in [3.63, 3.8) is 0 Å². The molecule has 1 heterocycles. The van der Waals surface area contributed by atoms with Crippen LogP contribution in [0, 0.1) is 5.92 Å². The molecule has 0 radical (unpaired) electrons. The van der Waals surface area contributed by atoms with Crippen molar-refractivity contribution in [3.8, 4) is 0 Å². The third-order valence-electron chi connectivity index (χ3n) is 2.69. The van der Waals surface area contributed by atoms with Gasteiger partial charge in [-0.3, -0.25) is 9.59 Å². The molecular formula is C9H16N2O2. The minimum absolute atomic E-state index is 0.0263. The molecule has 0 aliphatic carbocycles. The number of primary amides is 1. The summed E-state index contributed by atoms with van der Waals surface area (Å²) in [6.45, 7) is 4.02. The van der Waals surface area contributed by atoms with Crippen LogP contribution in [0.1, 0.15) is 26.7 Å². The van der Waals surface area contributed by atoms with Gasteiger partial charge in [-0.05, 0) is 19.8 Å².